The molecule has 0 saturated carbocycles. The van der Waals surface area contributed by atoms with Crippen LogP contribution >= 0.6 is 11.3 Å². The van der Waals surface area contributed by atoms with Gasteiger partial charge in [-0.05, 0) is 24.0 Å². The van der Waals surface area contributed by atoms with Crippen LogP contribution in [0.4, 0.5) is 4.79 Å². The molecule has 5 N–H and O–H groups in total. The summed E-state index contributed by atoms with van der Waals surface area (Å²) in [7, 11) is 0. The number of carbonyl (C=O) groups excluding carboxylic acids is 1. The van der Waals surface area contributed by atoms with Gasteiger partial charge in [0.15, 0.2) is 0 Å². The fourth-order valence-corrected chi connectivity index (χ4v) is 3.77. The van der Waals surface area contributed by atoms with Crippen molar-refractivity contribution in [3.05, 3.63) is 88.4 Å². The highest BCUT2D eigenvalue weighted by atomic mass is 32.1. The first-order valence-corrected chi connectivity index (χ1v) is 10.9. The number of aromatic nitrogens is 1. The van der Waals surface area contributed by atoms with E-state index in [9.17, 15) is 15.0 Å². The number of ether oxygens (including phenoxy) is 1. The molecule has 7 nitrogen and oxygen atoms in total. The van der Waals surface area contributed by atoms with Crippen molar-refractivity contribution >= 4 is 17.4 Å². The lowest BCUT2D eigenvalue weighted by molar-refractivity contribution is -0.0172. The summed E-state index contributed by atoms with van der Waals surface area (Å²) in [6, 6.07) is 17.4. The van der Waals surface area contributed by atoms with Crippen LogP contribution in [0.15, 0.2) is 72.4 Å². The smallest absolute Gasteiger partial charge is 0.407 e. The van der Waals surface area contributed by atoms with E-state index >= 15 is 0 Å². The number of hydrogen-bond donors (Lipinski definition) is 4. The highest BCUT2D eigenvalue weighted by molar-refractivity contribution is 7.09. The Labute approximate surface area is 185 Å². The van der Waals surface area contributed by atoms with Crippen molar-refractivity contribution in [2.24, 2.45) is 5.73 Å². The molecule has 0 aliphatic carbocycles. The van der Waals surface area contributed by atoms with Crippen molar-refractivity contribution in [1.82, 2.24) is 10.3 Å². The van der Waals surface area contributed by atoms with E-state index in [-0.39, 0.29) is 6.61 Å². The zero-order chi connectivity index (χ0) is 22.1. The second-order valence-electron chi connectivity index (χ2n) is 7.32. The van der Waals surface area contributed by atoms with Crippen LogP contribution in [0.3, 0.4) is 0 Å². The molecule has 1 aromatic heterocycles. The molecule has 0 saturated heterocycles. The number of nitrogens with two attached hydrogens (primary N) is 1. The number of alkyl carbamates (subject to hydrolysis) is 1. The van der Waals surface area contributed by atoms with Gasteiger partial charge in [0.1, 0.15) is 12.7 Å². The molecule has 164 valence electrons. The summed E-state index contributed by atoms with van der Waals surface area (Å²) in [4.78, 5) is 17.1. The zero-order valence-electron chi connectivity index (χ0n) is 17.0. The van der Waals surface area contributed by atoms with E-state index < -0.39 is 30.4 Å². The first-order chi connectivity index (χ1) is 15.0. The molecule has 1 heterocycles. The van der Waals surface area contributed by atoms with Crippen molar-refractivity contribution in [3.63, 3.8) is 0 Å². The summed E-state index contributed by atoms with van der Waals surface area (Å²) in [6.45, 7) is 0.0841. The van der Waals surface area contributed by atoms with Crippen LogP contribution < -0.4 is 11.1 Å². The minimum absolute atomic E-state index is 0.0841. The lowest BCUT2D eigenvalue weighted by atomic mass is 9.92. The van der Waals surface area contributed by atoms with Gasteiger partial charge in [0, 0.05) is 12.2 Å². The highest BCUT2D eigenvalue weighted by Gasteiger charge is 2.32. The molecule has 0 bridgehead atoms. The van der Waals surface area contributed by atoms with Crippen molar-refractivity contribution in [1.29, 1.82) is 0 Å². The molecule has 0 spiro atoms. The molecule has 3 rings (SSSR count). The van der Waals surface area contributed by atoms with E-state index in [1.807, 2.05) is 60.7 Å². The Morgan fingerprint density at radius 3 is 2.19 bits per heavy atom. The highest BCUT2D eigenvalue weighted by Crippen LogP contribution is 2.14. The van der Waals surface area contributed by atoms with E-state index in [1.54, 1.807) is 11.7 Å². The largest absolute Gasteiger partial charge is 0.444 e. The van der Waals surface area contributed by atoms with Gasteiger partial charge in [0.2, 0.25) is 0 Å². The molecule has 0 aliphatic heterocycles. The van der Waals surface area contributed by atoms with E-state index in [0.717, 1.165) is 16.0 Å². The van der Waals surface area contributed by atoms with Crippen LogP contribution in [-0.2, 0) is 24.2 Å². The van der Waals surface area contributed by atoms with Gasteiger partial charge in [-0.25, -0.2) is 4.79 Å². The topological polar surface area (TPSA) is 118 Å². The molecule has 2 aromatic carbocycles. The number of hydrogen-bond acceptors (Lipinski definition) is 7. The van der Waals surface area contributed by atoms with Crippen LogP contribution in [-0.4, -0.2) is 45.6 Å². The lowest BCUT2D eigenvalue weighted by Gasteiger charge is -2.30. The van der Waals surface area contributed by atoms with Gasteiger partial charge in [0.25, 0.3) is 0 Å². The molecule has 0 fully saturated rings. The molecule has 0 aliphatic rings. The van der Waals surface area contributed by atoms with Crippen LogP contribution in [0.1, 0.15) is 16.0 Å². The number of benzene rings is 2. The zero-order valence-corrected chi connectivity index (χ0v) is 17.8. The molecule has 8 heteroatoms. The molecule has 3 unspecified atom stereocenters. The van der Waals surface area contributed by atoms with Gasteiger partial charge < -0.3 is 26.0 Å². The minimum Gasteiger partial charge on any atom is -0.444 e. The van der Waals surface area contributed by atoms with E-state index in [1.165, 1.54) is 11.3 Å². The summed E-state index contributed by atoms with van der Waals surface area (Å²) < 4.78 is 5.24. The minimum atomic E-state index is -1.28. The molecule has 4 atom stereocenters. The first-order valence-electron chi connectivity index (χ1n) is 10.0. The average molecular weight is 442 g/mol. The quantitative estimate of drug-likeness (QED) is 0.383. The summed E-state index contributed by atoms with van der Waals surface area (Å²) in [5.74, 6) is 0. The van der Waals surface area contributed by atoms with Gasteiger partial charge in [-0.15, -0.1) is 11.3 Å². The number of rotatable bonds is 10. The Balaban J connectivity index is 1.65. The Morgan fingerprint density at radius 2 is 1.61 bits per heavy atom. The Kier molecular flexibility index (Phi) is 8.54. The fourth-order valence-electron chi connectivity index (χ4n) is 3.27. The van der Waals surface area contributed by atoms with Crippen LogP contribution in [0.2, 0.25) is 0 Å². The maximum atomic E-state index is 12.4. The Bertz CT molecular complexity index is 909. The monoisotopic (exact) mass is 441 g/mol. The van der Waals surface area contributed by atoms with Crippen LogP contribution in [0.25, 0.3) is 0 Å². The first kappa shape index (κ1) is 22.9. The summed E-state index contributed by atoms with van der Waals surface area (Å²) in [6.07, 6.45) is -0.872. The third kappa shape index (κ3) is 7.15. The predicted molar refractivity (Wildman–Crippen MR) is 120 cm³/mol. The maximum absolute atomic E-state index is 12.4. The van der Waals surface area contributed by atoms with Gasteiger partial charge in [-0.1, -0.05) is 60.7 Å². The normalized spacial score (nSPS) is 14.9. The van der Waals surface area contributed by atoms with Gasteiger partial charge in [-0.3, -0.25) is 4.98 Å². The Hall–Kier alpha value is -2.78. The van der Waals surface area contributed by atoms with E-state index in [0.29, 0.717) is 12.8 Å². The van der Waals surface area contributed by atoms with Crippen molar-refractivity contribution in [2.75, 3.05) is 0 Å². The number of nitrogens with one attached hydrogen (secondary N) is 1. The molecule has 0 radical (unpaired) electrons. The number of amides is 1. The molecule has 3 aromatic rings. The summed E-state index contributed by atoms with van der Waals surface area (Å²) in [5.41, 5.74) is 9.69. The molecular weight excluding hydrogens is 414 g/mol. The number of thiazole rings is 1. The number of nitrogens with zero attached hydrogens (tertiary/aromatic N) is 1. The standard InChI is InChI=1S/C23H27N3O4S/c24-19(11-16-7-3-1-4-8-16)21(27)22(28)20(12-17-9-5-2-6-10-17)26-23(29)30-14-18-13-25-15-31-18/h1-10,13,15,19-22,27-28H,11-12,14,24H2,(H,26,29)/t19?,20-,21?,22?/m0/s1. The number of aliphatic hydroxyl groups is 2. The average Bonchev–Trinajstić information content (AvgIpc) is 3.31. The third-order valence-corrected chi connectivity index (χ3v) is 5.70. The molecule has 31 heavy (non-hydrogen) atoms. The number of aliphatic hydroxyl groups excluding tert-OH is 2. The van der Waals surface area contributed by atoms with E-state index in [4.69, 9.17) is 10.5 Å². The maximum Gasteiger partial charge on any atom is 0.407 e. The molecular formula is C23H27N3O4S. The third-order valence-electron chi connectivity index (χ3n) is 4.95. The lowest BCUT2D eigenvalue weighted by Crippen LogP contribution is -2.55. The SMILES string of the molecule is NC(Cc1ccccc1)C(O)C(O)[C@H](Cc1ccccc1)NC(=O)OCc1cncs1. The van der Waals surface area contributed by atoms with Crippen LogP contribution in [0.5, 0.6) is 0 Å². The fraction of sp³-hybridized carbons (Fsp3) is 0.304. The summed E-state index contributed by atoms with van der Waals surface area (Å²) >= 11 is 1.38. The van der Waals surface area contributed by atoms with Crippen LogP contribution in [0, 0.1) is 0 Å². The second-order valence-corrected chi connectivity index (χ2v) is 8.29. The van der Waals surface area contributed by atoms with Crippen molar-refractivity contribution in [3.8, 4) is 0 Å². The van der Waals surface area contributed by atoms with Gasteiger partial charge in [-0.2, -0.15) is 0 Å². The van der Waals surface area contributed by atoms with Gasteiger partial charge in [0.05, 0.1) is 22.5 Å². The second kappa shape index (κ2) is 11.6. The molecule has 1 amide bonds. The number of carbonyl (C=O) groups is 1. The predicted octanol–water partition coefficient (Wildman–Crippen LogP) is 2.27. The summed E-state index contributed by atoms with van der Waals surface area (Å²) in [5, 5.41) is 24.3. The Morgan fingerprint density at radius 1 is 1.00 bits per heavy atom. The van der Waals surface area contributed by atoms with Gasteiger partial charge >= 0.3 is 6.09 Å². The van der Waals surface area contributed by atoms with Crippen molar-refractivity contribution < 1.29 is 19.7 Å². The van der Waals surface area contributed by atoms with Crippen molar-refractivity contribution in [2.45, 2.75) is 43.7 Å². The van der Waals surface area contributed by atoms with E-state index in [2.05, 4.69) is 10.3 Å².